The predicted octanol–water partition coefficient (Wildman–Crippen LogP) is 2.34. The lowest BCUT2D eigenvalue weighted by Crippen LogP contribution is -2.14. The van der Waals surface area contributed by atoms with Crippen LogP contribution in [-0.2, 0) is 0 Å². The Morgan fingerprint density at radius 3 is 2.32 bits per heavy atom. The van der Waals surface area contributed by atoms with Crippen molar-refractivity contribution in [2.45, 2.75) is 13.8 Å². The molecule has 0 aliphatic heterocycles. The number of aromatic nitrogens is 2. The van der Waals surface area contributed by atoms with Crippen LogP contribution in [0.2, 0.25) is 0 Å². The SMILES string of the molecule is Cc1n[nH]c(C)c1C(=O)Nc1ccc(N(C)C)cc1. The van der Waals surface area contributed by atoms with E-state index >= 15 is 0 Å². The summed E-state index contributed by atoms with van der Waals surface area (Å²) in [6, 6.07) is 7.70. The minimum atomic E-state index is -0.138. The number of H-pyrrole nitrogens is 1. The zero-order chi connectivity index (χ0) is 14.0. The summed E-state index contributed by atoms with van der Waals surface area (Å²) in [4.78, 5) is 14.2. The van der Waals surface area contributed by atoms with Crippen LogP contribution in [0.5, 0.6) is 0 Å². The number of aryl methyl sites for hydroxylation is 2. The number of carbonyl (C=O) groups is 1. The molecule has 5 heteroatoms. The molecule has 1 heterocycles. The number of hydrogen-bond acceptors (Lipinski definition) is 3. The number of rotatable bonds is 3. The van der Waals surface area contributed by atoms with Gasteiger partial charge >= 0.3 is 0 Å². The first kappa shape index (κ1) is 13.1. The summed E-state index contributed by atoms with van der Waals surface area (Å²) in [5.41, 5.74) is 3.96. The van der Waals surface area contributed by atoms with Gasteiger partial charge in [0.2, 0.25) is 0 Å². The first-order valence-electron chi connectivity index (χ1n) is 6.09. The molecule has 1 aromatic heterocycles. The van der Waals surface area contributed by atoms with Crippen LogP contribution in [0.15, 0.2) is 24.3 Å². The summed E-state index contributed by atoms with van der Waals surface area (Å²) in [6.45, 7) is 3.65. The highest BCUT2D eigenvalue weighted by molar-refractivity contribution is 6.05. The molecule has 2 rings (SSSR count). The molecule has 5 nitrogen and oxygen atoms in total. The Kier molecular flexibility index (Phi) is 3.55. The number of hydrogen-bond donors (Lipinski definition) is 2. The first-order chi connectivity index (χ1) is 8.99. The molecule has 0 spiro atoms. The van der Waals surface area contributed by atoms with E-state index in [1.165, 1.54) is 0 Å². The molecule has 2 N–H and O–H groups in total. The van der Waals surface area contributed by atoms with Crippen LogP contribution in [0.4, 0.5) is 11.4 Å². The van der Waals surface area contributed by atoms with Crippen LogP contribution in [0.3, 0.4) is 0 Å². The number of amides is 1. The fraction of sp³-hybridized carbons (Fsp3) is 0.286. The summed E-state index contributed by atoms with van der Waals surface area (Å²) in [5, 5.41) is 9.71. The summed E-state index contributed by atoms with van der Waals surface area (Å²) < 4.78 is 0. The molecule has 0 unspecified atom stereocenters. The van der Waals surface area contributed by atoms with Crippen molar-refractivity contribution in [2.75, 3.05) is 24.3 Å². The van der Waals surface area contributed by atoms with Gasteiger partial charge in [0.15, 0.2) is 0 Å². The van der Waals surface area contributed by atoms with E-state index in [2.05, 4.69) is 15.5 Å². The lowest BCUT2D eigenvalue weighted by Gasteiger charge is -2.13. The molecular formula is C14H18N4O. The van der Waals surface area contributed by atoms with Crippen LogP contribution >= 0.6 is 0 Å². The number of nitrogens with one attached hydrogen (secondary N) is 2. The zero-order valence-electron chi connectivity index (χ0n) is 11.6. The topological polar surface area (TPSA) is 61.0 Å². The fourth-order valence-corrected chi connectivity index (χ4v) is 1.92. The van der Waals surface area contributed by atoms with Gasteiger partial charge in [-0.2, -0.15) is 5.10 Å². The Hall–Kier alpha value is -2.30. The fourth-order valence-electron chi connectivity index (χ4n) is 1.92. The van der Waals surface area contributed by atoms with E-state index in [0.717, 1.165) is 17.1 Å². The molecule has 2 aromatic rings. The second-order valence-corrected chi connectivity index (χ2v) is 4.70. The largest absolute Gasteiger partial charge is 0.378 e. The van der Waals surface area contributed by atoms with Crippen molar-refractivity contribution < 1.29 is 4.79 Å². The van der Waals surface area contributed by atoms with Gasteiger partial charge in [-0.3, -0.25) is 9.89 Å². The number of benzene rings is 1. The van der Waals surface area contributed by atoms with Crippen LogP contribution in [0.1, 0.15) is 21.7 Å². The van der Waals surface area contributed by atoms with Crippen molar-refractivity contribution >= 4 is 17.3 Å². The van der Waals surface area contributed by atoms with Gasteiger partial charge < -0.3 is 10.2 Å². The van der Waals surface area contributed by atoms with Crippen molar-refractivity contribution in [1.82, 2.24) is 10.2 Å². The molecule has 19 heavy (non-hydrogen) atoms. The second kappa shape index (κ2) is 5.14. The van der Waals surface area contributed by atoms with Crippen molar-refractivity contribution in [3.05, 3.63) is 41.2 Å². The van der Waals surface area contributed by atoms with E-state index in [-0.39, 0.29) is 5.91 Å². The molecular weight excluding hydrogens is 240 g/mol. The Labute approximate surface area is 112 Å². The minimum Gasteiger partial charge on any atom is -0.378 e. The zero-order valence-corrected chi connectivity index (χ0v) is 11.6. The molecule has 0 saturated heterocycles. The predicted molar refractivity (Wildman–Crippen MR) is 76.8 cm³/mol. The van der Waals surface area contributed by atoms with Gasteiger partial charge in [0.05, 0.1) is 11.3 Å². The Morgan fingerprint density at radius 1 is 1.21 bits per heavy atom. The van der Waals surface area contributed by atoms with Crippen LogP contribution in [0.25, 0.3) is 0 Å². The Bertz CT molecular complexity index is 564. The molecule has 0 aliphatic carbocycles. The third kappa shape index (κ3) is 2.76. The monoisotopic (exact) mass is 258 g/mol. The molecule has 0 atom stereocenters. The Morgan fingerprint density at radius 2 is 1.84 bits per heavy atom. The van der Waals surface area contributed by atoms with Gasteiger partial charge in [-0.05, 0) is 38.1 Å². The van der Waals surface area contributed by atoms with Crippen molar-refractivity contribution in [2.24, 2.45) is 0 Å². The summed E-state index contributed by atoms with van der Waals surface area (Å²) in [5.74, 6) is -0.138. The average molecular weight is 258 g/mol. The number of nitrogens with zero attached hydrogens (tertiary/aromatic N) is 2. The molecule has 0 bridgehead atoms. The first-order valence-corrected chi connectivity index (χ1v) is 6.09. The van der Waals surface area contributed by atoms with Crippen molar-refractivity contribution in [3.8, 4) is 0 Å². The smallest absolute Gasteiger partial charge is 0.259 e. The lowest BCUT2D eigenvalue weighted by atomic mass is 10.2. The average Bonchev–Trinajstić information content (AvgIpc) is 2.69. The number of carbonyl (C=O) groups excluding carboxylic acids is 1. The molecule has 0 radical (unpaired) electrons. The van der Waals surface area contributed by atoms with E-state index in [9.17, 15) is 4.79 Å². The van der Waals surface area contributed by atoms with Gasteiger partial charge in [0.1, 0.15) is 0 Å². The van der Waals surface area contributed by atoms with E-state index in [4.69, 9.17) is 0 Å². The molecule has 1 amide bonds. The van der Waals surface area contributed by atoms with Crippen molar-refractivity contribution in [3.63, 3.8) is 0 Å². The van der Waals surface area contributed by atoms with Crippen LogP contribution in [-0.4, -0.2) is 30.2 Å². The summed E-state index contributed by atoms with van der Waals surface area (Å²) in [7, 11) is 3.96. The summed E-state index contributed by atoms with van der Waals surface area (Å²) >= 11 is 0. The number of anilines is 2. The maximum Gasteiger partial charge on any atom is 0.259 e. The van der Waals surface area contributed by atoms with E-state index in [1.807, 2.05) is 57.1 Å². The van der Waals surface area contributed by atoms with E-state index in [1.54, 1.807) is 0 Å². The Balaban J connectivity index is 2.15. The summed E-state index contributed by atoms with van der Waals surface area (Å²) in [6.07, 6.45) is 0. The lowest BCUT2D eigenvalue weighted by molar-refractivity contribution is 0.102. The third-order valence-electron chi connectivity index (χ3n) is 3.00. The standard InChI is InChI=1S/C14H18N4O/c1-9-13(10(2)17-16-9)14(19)15-11-5-7-12(8-6-11)18(3)4/h5-8H,1-4H3,(H,15,19)(H,16,17). The second-order valence-electron chi connectivity index (χ2n) is 4.70. The highest BCUT2D eigenvalue weighted by Gasteiger charge is 2.15. The maximum atomic E-state index is 12.2. The highest BCUT2D eigenvalue weighted by Crippen LogP contribution is 2.17. The van der Waals surface area contributed by atoms with Gasteiger partial charge in [0, 0.05) is 31.2 Å². The van der Waals surface area contributed by atoms with Gasteiger partial charge in [0.25, 0.3) is 5.91 Å². The minimum absolute atomic E-state index is 0.138. The maximum absolute atomic E-state index is 12.2. The molecule has 0 fully saturated rings. The van der Waals surface area contributed by atoms with E-state index in [0.29, 0.717) is 11.3 Å². The molecule has 1 aromatic carbocycles. The van der Waals surface area contributed by atoms with E-state index < -0.39 is 0 Å². The highest BCUT2D eigenvalue weighted by atomic mass is 16.1. The molecule has 0 aliphatic rings. The molecule has 100 valence electrons. The van der Waals surface area contributed by atoms with Gasteiger partial charge in [-0.25, -0.2) is 0 Å². The third-order valence-corrected chi connectivity index (χ3v) is 3.00. The van der Waals surface area contributed by atoms with Gasteiger partial charge in [-0.1, -0.05) is 0 Å². The number of aromatic amines is 1. The molecule has 0 saturated carbocycles. The normalized spacial score (nSPS) is 10.3. The van der Waals surface area contributed by atoms with Gasteiger partial charge in [-0.15, -0.1) is 0 Å². The van der Waals surface area contributed by atoms with Crippen LogP contribution in [0, 0.1) is 13.8 Å². The van der Waals surface area contributed by atoms with Crippen LogP contribution < -0.4 is 10.2 Å². The van der Waals surface area contributed by atoms with Crippen molar-refractivity contribution in [1.29, 1.82) is 0 Å². The quantitative estimate of drug-likeness (QED) is 0.888.